The lowest BCUT2D eigenvalue weighted by Gasteiger charge is -2.29. The van der Waals surface area contributed by atoms with E-state index in [4.69, 9.17) is 0 Å². The van der Waals surface area contributed by atoms with Gasteiger partial charge in [0.1, 0.15) is 0 Å². The van der Waals surface area contributed by atoms with Crippen LogP contribution in [0.4, 0.5) is 0 Å². The Morgan fingerprint density at radius 2 is 1.94 bits per heavy atom. The maximum atomic E-state index is 12.2. The zero-order chi connectivity index (χ0) is 12.9. The summed E-state index contributed by atoms with van der Waals surface area (Å²) in [5.41, 5.74) is 0. The van der Waals surface area contributed by atoms with Gasteiger partial charge in [-0.1, -0.05) is 20.3 Å². The number of piperidine rings is 1. The lowest BCUT2D eigenvalue weighted by molar-refractivity contribution is 0.342. The molecule has 0 spiro atoms. The van der Waals surface area contributed by atoms with Crippen molar-refractivity contribution < 1.29 is 8.42 Å². The van der Waals surface area contributed by atoms with Crippen molar-refractivity contribution in [1.82, 2.24) is 9.62 Å². The Labute approximate surface area is 106 Å². The van der Waals surface area contributed by atoms with Gasteiger partial charge in [-0.15, -0.1) is 0 Å². The predicted octanol–water partition coefficient (Wildman–Crippen LogP) is 1.58. The highest BCUT2D eigenvalue weighted by atomic mass is 32.2. The molecular formula is C12H26N2O2S. The van der Waals surface area contributed by atoms with Crippen LogP contribution >= 0.6 is 0 Å². The smallest absolute Gasteiger partial charge is 0.215 e. The fourth-order valence-corrected chi connectivity index (χ4v) is 4.25. The van der Waals surface area contributed by atoms with Crippen LogP contribution in [0.5, 0.6) is 0 Å². The van der Waals surface area contributed by atoms with Gasteiger partial charge in [-0.2, -0.15) is 0 Å². The van der Waals surface area contributed by atoms with Gasteiger partial charge in [0.2, 0.25) is 10.0 Å². The van der Waals surface area contributed by atoms with Crippen LogP contribution in [0, 0.1) is 0 Å². The molecule has 1 unspecified atom stereocenters. The second-order valence-electron chi connectivity index (χ2n) is 4.91. The first kappa shape index (κ1) is 14.9. The summed E-state index contributed by atoms with van der Waals surface area (Å²) < 4.78 is 26.1. The molecule has 5 heteroatoms. The second kappa shape index (κ2) is 6.71. The summed E-state index contributed by atoms with van der Waals surface area (Å²) >= 11 is 0. The molecule has 1 saturated heterocycles. The van der Waals surface area contributed by atoms with Crippen LogP contribution in [-0.4, -0.2) is 44.2 Å². The van der Waals surface area contributed by atoms with Gasteiger partial charge >= 0.3 is 0 Å². The molecule has 1 fully saturated rings. The largest absolute Gasteiger partial charge is 0.313 e. The summed E-state index contributed by atoms with van der Waals surface area (Å²) in [5, 5.41) is 3.30. The molecule has 0 saturated carbocycles. The number of sulfonamides is 1. The van der Waals surface area contributed by atoms with Gasteiger partial charge in [-0.05, 0) is 32.2 Å². The highest BCUT2D eigenvalue weighted by molar-refractivity contribution is 7.89. The van der Waals surface area contributed by atoms with Crippen molar-refractivity contribution in [3.05, 3.63) is 0 Å². The average Bonchev–Trinajstić information content (AvgIpc) is 2.31. The molecule has 0 amide bonds. The molecule has 1 atom stereocenters. The number of nitrogens with one attached hydrogen (secondary N) is 1. The van der Waals surface area contributed by atoms with E-state index in [0.717, 1.165) is 32.2 Å². The molecule has 0 bridgehead atoms. The molecule has 1 aliphatic heterocycles. The molecule has 1 heterocycles. The SMILES string of the molecule is CCC(CC)N(C)S(=O)(=O)CC1CCCCN1. The summed E-state index contributed by atoms with van der Waals surface area (Å²) in [7, 11) is -1.39. The maximum Gasteiger partial charge on any atom is 0.215 e. The van der Waals surface area contributed by atoms with Crippen LogP contribution in [0.3, 0.4) is 0 Å². The van der Waals surface area contributed by atoms with Crippen molar-refractivity contribution >= 4 is 10.0 Å². The van der Waals surface area contributed by atoms with Crippen LogP contribution in [0.25, 0.3) is 0 Å². The monoisotopic (exact) mass is 262 g/mol. The van der Waals surface area contributed by atoms with Gasteiger partial charge in [0, 0.05) is 19.1 Å². The molecule has 1 N–H and O–H groups in total. The van der Waals surface area contributed by atoms with Crippen molar-refractivity contribution in [3.8, 4) is 0 Å². The number of hydrogen-bond acceptors (Lipinski definition) is 3. The van der Waals surface area contributed by atoms with Crippen molar-refractivity contribution in [2.45, 2.75) is 58.0 Å². The highest BCUT2D eigenvalue weighted by Gasteiger charge is 2.27. The van der Waals surface area contributed by atoms with Crippen molar-refractivity contribution in [1.29, 1.82) is 0 Å². The number of hydrogen-bond donors (Lipinski definition) is 1. The minimum absolute atomic E-state index is 0.142. The Morgan fingerprint density at radius 1 is 1.29 bits per heavy atom. The molecule has 1 rings (SSSR count). The van der Waals surface area contributed by atoms with Crippen molar-refractivity contribution in [2.24, 2.45) is 0 Å². The zero-order valence-electron chi connectivity index (χ0n) is 11.3. The van der Waals surface area contributed by atoms with E-state index in [1.807, 2.05) is 13.8 Å². The van der Waals surface area contributed by atoms with Gasteiger partial charge in [0.05, 0.1) is 5.75 Å². The van der Waals surface area contributed by atoms with Gasteiger partial charge < -0.3 is 5.32 Å². The molecule has 0 aromatic rings. The first-order chi connectivity index (χ1) is 8.01. The quantitative estimate of drug-likeness (QED) is 0.790. The second-order valence-corrected chi connectivity index (χ2v) is 6.99. The molecule has 0 radical (unpaired) electrons. The van der Waals surface area contributed by atoms with Crippen LogP contribution < -0.4 is 5.32 Å². The first-order valence-electron chi connectivity index (χ1n) is 6.70. The van der Waals surface area contributed by atoms with Crippen molar-refractivity contribution in [3.63, 3.8) is 0 Å². The lowest BCUT2D eigenvalue weighted by Crippen LogP contribution is -2.45. The Bertz CT molecular complexity index is 306. The van der Waals surface area contributed by atoms with Crippen LogP contribution in [0.15, 0.2) is 0 Å². The highest BCUT2D eigenvalue weighted by Crippen LogP contribution is 2.15. The minimum Gasteiger partial charge on any atom is -0.313 e. The summed E-state index contributed by atoms with van der Waals surface area (Å²) in [6.07, 6.45) is 5.05. The van der Waals surface area contributed by atoms with E-state index >= 15 is 0 Å². The predicted molar refractivity (Wildman–Crippen MR) is 71.6 cm³/mol. The van der Waals surface area contributed by atoms with Crippen molar-refractivity contribution in [2.75, 3.05) is 19.3 Å². The molecule has 17 heavy (non-hydrogen) atoms. The molecule has 0 aromatic carbocycles. The number of rotatable bonds is 6. The summed E-state index contributed by atoms with van der Waals surface area (Å²) in [6.45, 7) is 5.03. The normalized spacial score (nSPS) is 22.3. The molecule has 4 nitrogen and oxygen atoms in total. The van der Waals surface area contributed by atoms with Crippen LogP contribution in [0.2, 0.25) is 0 Å². The first-order valence-corrected chi connectivity index (χ1v) is 8.31. The Balaban J connectivity index is 2.59. The van der Waals surface area contributed by atoms with E-state index in [0.29, 0.717) is 0 Å². The minimum atomic E-state index is -3.11. The Morgan fingerprint density at radius 3 is 2.41 bits per heavy atom. The molecule has 102 valence electrons. The lowest BCUT2D eigenvalue weighted by atomic mass is 10.1. The maximum absolute atomic E-state index is 12.2. The van der Waals surface area contributed by atoms with Gasteiger partial charge in [-0.25, -0.2) is 12.7 Å². The third-order valence-corrected chi connectivity index (χ3v) is 5.72. The number of nitrogens with zero attached hydrogens (tertiary/aromatic N) is 1. The van der Waals surface area contributed by atoms with E-state index in [1.54, 1.807) is 11.4 Å². The van der Waals surface area contributed by atoms with Crippen LogP contribution in [-0.2, 0) is 10.0 Å². The molecule has 0 aromatic heterocycles. The fourth-order valence-electron chi connectivity index (χ4n) is 2.47. The third kappa shape index (κ3) is 4.23. The van der Waals surface area contributed by atoms with Gasteiger partial charge in [0.25, 0.3) is 0 Å². The molecule has 1 aliphatic rings. The Hall–Kier alpha value is -0.130. The van der Waals surface area contributed by atoms with Crippen LogP contribution in [0.1, 0.15) is 46.0 Å². The zero-order valence-corrected chi connectivity index (χ0v) is 12.1. The third-order valence-electron chi connectivity index (χ3n) is 3.72. The van der Waals surface area contributed by atoms with E-state index < -0.39 is 10.0 Å². The van der Waals surface area contributed by atoms with E-state index in [-0.39, 0.29) is 17.8 Å². The topological polar surface area (TPSA) is 49.4 Å². The summed E-state index contributed by atoms with van der Waals surface area (Å²) in [5.74, 6) is 0.250. The standard InChI is InChI=1S/C12H26N2O2S/c1-4-12(5-2)14(3)17(15,16)10-11-8-6-7-9-13-11/h11-13H,4-10H2,1-3H3. The fraction of sp³-hybridized carbons (Fsp3) is 1.00. The van der Waals surface area contributed by atoms with Gasteiger partial charge in [-0.3, -0.25) is 0 Å². The summed E-state index contributed by atoms with van der Waals surface area (Å²) in [4.78, 5) is 0. The van der Waals surface area contributed by atoms with E-state index in [2.05, 4.69) is 5.32 Å². The van der Waals surface area contributed by atoms with E-state index in [9.17, 15) is 8.42 Å². The Kier molecular flexibility index (Phi) is 5.89. The molecular weight excluding hydrogens is 236 g/mol. The summed E-state index contributed by atoms with van der Waals surface area (Å²) in [6, 6.07) is 0.286. The average molecular weight is 262 g/mol. The van der Waals surface area contributed by atoms with Gasteiger partial charge in [0.15, 0.2) is 0 Å². The van der Waals surface area contributed by atoms with E-state index in [1.165, 1.54) is 6.42 Å². The molecule has 0 aliphatic carbocycles.